The Kier molecular flexibility index (Phi) is 5.17. The normalized spacial score (nSPS) is 21.9. The van der Waals surface area contributed by atoms with Crippen molar-refractivity contribution < 1.29 is 14.3 Å². The maximum absolute atomic E-state index is 12.2. The molecule has 5 nitrogen and oxygen atoms in total. The van der Waals surface area contributed by atoms with Crippen LogP contribution in [0.2, 0.25) is 0 Å². The van der Waals surface area contributed by atoms with E-state index < -0.39 is 5.60 Å². The van der Waals surface area contributed by atoms with Crippen molar-refractivity contribution in [2.45, 2.75) is 72.1 Å². The zero-order valence-corrected chi connectivity index (χ0v) is 15.0. The van der Waals surface area contributed by atoms with Gasteiger partial charge in [-0.1, -0.05) is 0 Å². The summed E-state index contributed by atoms with van der Waals surface area (Å²) < 4.78 is 11.5. The minimum Gasteiger partial charge on any atom is -0.474 e. The van der Waals surface area contributed by atoms with Crippen molar-refractivity contribution in [3.8, 4) is 5.88 Å². The summed E-state index contributed by atoms with van der Waals surface area (Å²) in [6, 6.07) is 2.07. The molecule has 0 radical (unpaired) electrons. The van der Waals surface area contributed by atoms with E-state index in [0.717, 1.165) is 18.4 Å². The third kappa shape index (κ3) is 4.85. The number of ether oxygens (including phenoxy) is 2. The summed E-state index contributed by atoms with van der Waals surface area (Å²) >= 11 is 0. The molecule has 1 saturated heterocycles. The van der Waals surface area contributed by atoms with E-state index in [1.807, 2.05) is 46.9 Å². The standard InChI is InChI=1S/C18H28N2O3/c1-12-9-16(19-11-13(12)2)22-15-7-8-20(14(3)10-15)17(21)23-18(4,5)6/h9,11,14-15H,7-8,10H2,1-6H3/t14-,15-/m0/s1. The van der Waals surface area contributed by atoms with E-state index in [2.05, 4.69) is 11.9 Å². The highest BCUT2D eigenvalue weighted by Gasteiger charge is 2.32. The Morgan fingerprint density at radius 3 is 2.57 bits per heavy atom. The van der Waals surface area contributed by atoms with Gasteiger partial charge in [0, 0.05) is 37.7 Å². The van der Waals surface area contributed by atoms with Crippen LogP contribution in [-0.2, 0) is 4.74 Å². The molecule has 5 heteroatoms. The SMILES string of the molecule is Cc1cnc(O[C@H]2CCN(C(=O)OC(C)(C)C)[C@@H](C)C2)cc1C. The van der Waals surface area contributed by atoms with Gasteiger partial charge in [0.2, 0.25) is 5.88 Å². The molecule has 0 aliphatic carbocycles. The average molecular weight is 320 g/mol. The fraction of sp³-hybridized carbons (Fsp3) is 0.667. The molecule has 0 bridgehead atoms. The molecule has 2 atom stereocenters. The number of amides is 1. The van der Waals surface area contributed by atoms with Crippen LogP contribution >= 0.6 is 0 Å². The van der Waals surface area contributed by atoms with Gasteiger partial charge in [-0.25, -0.2) is 9.78 Å². The lowest BCUT2D eigenvalue weighted by atomic mass is 10.0. The number of aryl methyl sites for hydroxylation is 2. The van der Waals surface area contributed by atoms with Gasteiger partial charge in [0.05, 0.1) is 0 Å². The van der Waals surface area contributed by atoms with E-state index in [9.17, 15) is 4.79 Å². The molecule has 23 heavy (non-hydrogen) atoms. The summed E-state index contributed by atoms with van der Waals surface area (Å²) in [7, 11) is 0. The smallest absolute Gasteiger partial charge is 0.410 e. The van der Waals surface area contributed by atoms with Gasteiger partial charge in [-0.2, -0.15) is 0 Å². The number of carbonyl (C=O) groups is 1. The Balaban J connectivity index is 1.93. The van der Waals surface area contributed by atoms with E-state index >= 15 is 0 Å². The fourth-order valence-electron chi connectivity index (χ4n) is 2.66. The van der Waals surface area contributed by atoms with Crippen LogP contribution in [0, 0.1) is 13.8 Å². The largest absolute Gasteiger partial charge is 0.474 e. The van der Waals surface area contributed by atoms with Gasteiger partial charge in [0.1, 0.15) is 11.7 Å². The van der Waals surface area contributed by atoms with Crippen molar-refractivity contribution in [2.24, 2.45) is 0 Å². The second-order valence-electron chi connectivity index (χ2n) is 7.39. The Hall–Kier alpha value is -1.78. The van der Waals surface area contributed by atoms with Crippen LogP contribution in [0.3, 0.4) is 0 Å². The van der Waals surface area contributed by atoms with Gasteiger partial charge in [-0.3, -0.25) is 0 Å². The molecule has 1 fully saturated rings. The van der Waals surface area contributed by atoms with Crippen LogP contribution in [-0.4, -0.2) is 40.3 Å². The lowest BCUT2D eigenvalue weighted by Gasteiger charge is -2.38. The summed E-state index contributed by atoms with van der Waals surface area (Å²) in [5, 5.41) is 0. The second-order valence-corrected chi connectivity index (χ2v) is 7.39. The number of piperidine rings is 1. The monoisotopic (exact) mass is 320 g/mol. The zero-order valence-electron chi connectivity index (χ0n) is 15.0. The molecule has 0 spiro atoms. The van der Waals surface area contributed by atoms with Gasteiger partial charge in [0.25, 0.3) is 0 Å². The molecule has 0 unspecified atom stereocenters. The van der Waals surface area contributed by atoms with E-state index in [1.165, 1.54) is 5.56 Å². The average Bonchev–Trinajstić information content (AvgIpc) is 2.41. The van der Waals surface area contributed by atoms with Gasteiger partial charge in [0.15, 0.2) is 0 Å². The van der Waals surface area contributed by atoms with Crippen LogP contribution in [0.25, 0.3) is 0 Å². The van der Waals surface area contributed by atoms with Crippen molar-refractivity contribution in [3.63, 3.8) is 0 Å². The molecule has 0 aromatic carbocycles. The number of carbonyl (C=O) groups excluding carboxylic acids is 1. The highest BCUT2D eigenvalue weighted by molar-refractivity contribution is 5.68. The lowest BCUT2D eigenvalue weighted by Crippen LogP contribution is -2.49. The zero-order chi connectivity index (χ0) is 17.2. The number of pyridine rings is 1. The molecular weight excluding hydrogens is 292 g/mol. The molecule has 0 N–H and O–H groups in total. The van der Waals surface area contributed by atoms with Crippen molar-refractivity contribution in [1.82, 2.24) is 9.88 Å². The quantitative estimate of drug-likeness (QED) is 0.830. The number of aromatic nitrogens is 1. The molecule has 1 amide bonds. The van der Waals surface area contributed by atoms with Gasteiger partial charge >= 0.3 is 6.09 Å². The number of nitrogens with zero attached hydrogens (tertiary/aromatic N) is 2. The van der Waals surface area contributed by atoms with Crippen molar-refractivity contribution in [1.29, 1.82) is 0 Å². The summed E-state index contributed by atoms with van der Waals surface area (Å²) in [6.07, 6.45) is 3.25. The highest BCUT2D eigenvalue weighted by atomic mass is 16.6. The van der Waals surface area contributed by atoms with Gasteiger partial charge in [-0.05, 0) is 52.7 Å². The second kappa shape index (κ2) is 6.77. The molecule has 1 aromatic heterocycles. The minimum absolute atomic E-state index is 0.0818. The lowest BCUT2D eigenvalue weighted by molar-refractivity contribution is -0.00151. The van der Waals surface area contributed by atoms with E-state index in [0.29, 0.717) is 12.4 Å². The first-order valence-corrected chi connectivity index (χ1v) is 8.25. The maximum Gasteiger partial charge on any atom is 0.410 e. The third-order valence-electron chi connectivity index (χ3n) is 4.09. The van der Waals surface area contributed by atoms with E-state index in [1.54, 1.807) is 4.90 Å². The fourth-order valence-corrected chi connectivity index (χ4v) is 2.66. The van der Waals surface area contributed by atoms with Crippen LogP contribution in [0.1, 0.15) is 51.7 Å². The molecule has 1 aliphatic heterocycles. The van der Waals surface area contributed by atoms with Crippen molar-refractivity contribution in [3.05, 3.63) is 23.4 Å². The first-order chi connectivity index (χ1) is 10.7. The Labute approximate surface area is 139 Å². The summed E-state index contributed by atoms with van der Waals surface area (Å²) in [5.74, 6) is 0.663. The molecule has 2 heterocycles. The first-order valence-electron chi connectivity index (χ1n) is 8.25. The Bertz CT molecular complexity index is 566. The molecule has 128 valence electrons. The maximum atomic E-state index is 12.2. The number of hydrogen-bond acceptors (Lipinski definition) is 4. The Morgan fingerprint density at radius 2 is 2.00 bits per heavy atom. The topological polar surface area (TPSA) is 51.7 Å². The number of hydrogen-bond donors (Lipinski definition) is 0. The van der Waals surface area contributed by atoms with Crippen LogP contribution in [0.5, 0.6) is 5.88 Å². The van der Waals surface area contributed by atoms with E-state index in [4.69, 9.17) is 9.47 Å². The summed E-state index contributed by atoms with van der Waals surface area (Å²) in [6.45, 7) is 12.4. The van der Waals surface area contributed by atoms with Gasteiger partial charge in [-0.15, -0.1) is 0 Å². The van der Waals surface area contributed by atoms with Crippen LogP contribution in [0.4, 0.5) is 4.79 Å². The number of likely N-dealkylation sites (tertiary alicyclic amines) is 1. The summed E-state index contributed by atoms with van der Waals surface area (Å²) in [4.78, 5) is 18.3. The van der Waals surface area contributed by atoms with Crippen LogP contribution < -0.4 is 4.74 Å². The number of rotatable bonds is 2. The molecule has 2 rings (SSSR count). The van der Waals surface area contributed by atoms with Crippen molar-refractivity contribution >= 4 is 6.09 Å². The predicted octanol–water partition coefficient (Wildman–Crippen LogP) is 3.87. The summed E-state index contributed by atoms with van der Waals surface area (Å²) in [5.41, 5.74) is 1.87. The van der Waals surface area contributed by atoms with Crippen molar-refractivity contribution in [2.75, 3.05) is 6.54 Å². The molecule has 1 aromatic rings. The first kappa shape index (κ1) is 17.6. The minimum atomic E-state index is -0.465. The predicted molar refractivity (Wildman–Crippen MR) is 89.8 cm³/mol. The molecular formula is C18H28N2O3. The van der Waals surface area contributed by atoms with E-state index in [-0.39, 0.29) is 18.2 Å². The van der Waals surface area contributed by atoms with Crippen LogP contribution in [0.15, 0.2) is 12.3 Å². The Morgan fingerprint density at radius 1 is 1.30 bits per heavy atom. The molecule has 1 aliphatic rings. The molecule has 0 saturated carbocycles. The third-order valence-corrected chi connectivity index (χ3v) is 4.09. The van der Waals surface area contributed by atoms with Gasteiger partial charge < -0.3 is 14.4 Å². The highest BCUT2D eigenvalue weighted by Crippen LogP contribution is 2.24.